The van der Waals surface area contributed by atoms with E-state index < -0.39 is 6.09 Å². The van der Waals surface area contributed by atoms with Crippen LogP contribution in [0.3, 0.4) is 0 Å². The molecule has 0 saturated heterocycles. The molecule has 1 aromatic carbocycles. The van der Waals surface area contributed by atoms with E-state index in [2.05, 4.69) is 12.2 Å². The molecule has 3 N–H and O–H groups in total. The van der Waals surface area contributed by atoms with Crippen LogP contribution in [0.5, 0.6) is 0 Å². The van der Waals surface area contributed by atoms with Crippen molar-refractivity contribution in [1.82, 2.24) is 0 Å². The van der Waals surface area contributed by atoms with E-state index in [4.69, 9.17) is 10.5 Å². The lowest BCUT2D eigenvalue weighted by atomic mass is 10.0. The fraction of sp³-hybridized carbons (Fsp3) is 0.720. The minimum Gasteiger partial charge on any atom is -0.449 e. The molecule has 0 spiro atoms. The van der Waals surface area contributed by atoms with E-state index in [1.165, 1.54) is 89.9 Å². The van der Waals surface area contributed by atoms with Gasteiger partial charge in [0.25, 0.3) is 0 Å². The first-order chi connectivity index (χ1) is 14.2. The SMILES string of the molecule is CCCCCCCCCCCCCCCCCCOC(=O)Nc1ccc(N)cc1. The fourth-order valence-corrected chi connectivity index (χ4v) is 3.54. The normalized spacial score (nSPS) is 10.8. The van der Waals surface area contributed by atoms with Crippen LogP contribution in [0.2, 0.25) is 0 Å². The van der Waals surface area contributed by atoms with Crippen LogP contribution in [0.4, 0.5) is 16.2 Å². The lowest BCUT2D eigenvalue weighted by molar-refractivity contribution is 0.159. The largest absolute Gasteiger partial charge is 0.449 e. The molecule has 166 valence electrons. The Morgan fingerprint density at radius 3 is 1.59 bits per heavy atom. The number of hydrogen-bond donors (Lipinski definition) is 2. The number of benzene rings is 1. The smallest absolute Gasteiger partial charge is 0.411 e. The van der Waals surface area contributed by atoms with E-state index >= 15 is 0 Å². The van der Waals surface area contributed by atoms with E-state index in [0.717, 1.165) is 12.8 Å². The Balaban J connectivity index is 1.77. The zero-order chi connectivity index (χ0) is 21.0. The second kappa shape index (κ2) is 18.3. The molecule has 0 heterocycles. The predicted molar refractivity (Wildman–Crippen MR) is 125 cm³/mol. The summed E-state index contributed by atoms with van der Waals surface area (Å²) in [5.41, 5.74) is 7.00. The molecule has 0 aromatic heterocycles. The molecular weight excluding hydrogens is 360 g/mol. The number of nitrogens with one attached hydrogen (secondary N) is 1. The summed E-state index contributed by atoms with van der Waals surface area (Å²) >= 11 is 0. The van der Waals surface area contributed by atoms with Crippen LogP contribution in [0.15, 0.2) is 24.3 Å². The number of hydrogen-bond acceptors (Lipinski definition) is 3. The molecule has 4 heteroatoms. The van der Waals surface area contributed by atoms with Crippen molar-refractivity contribution in [1.29, 1.82) is 0 Å². The quantitative estimate of drug-likeness (QED) is 0.192. The Kier molecular flexibility index (Phi) is 16.0. The number of anilines is 2. The predicted octanol–water partition coefficient (Wildman–Crippen LogP) is 8.08. The van der Waals surface area contributed by atoms with Gasteiger partial charge in [0.05, 0.1) is 6.61 Å². The van der Waals surface area contributed by atoms with Crippen molar-refractivity contribution >= 4 is 17.5 Å². The third kappa shape index (κ3) is 15.8. The van der Waals surface area contributed by atoms with E-state index in [1.807, 2.05) is 0 Å². The third-order valence-corrected chi connectivity index (χ3v) is 5.39. The average molecular weight is 405 g/mol. The summed E-state index contributed by atoms with van der Waals surface area (Å²) < 4.78 is 5.21. The van der Waals surface area contributed by atoms with E-state index in [0.29, 0.717) is 18.0 Å². The van der Waals surface area contributed by atoms with Crippen molar-refractivity contribution in [2.24, 2.45) is 0 Å². The highest BCUT2D eigenvalue weighted by molar-refractivity contribution is 5.84. The molecular formula is C25H44N2O2. The summed E-state index contributed by atoms with van der Waals surface area (Å²) in [4.78, 5) is 11.7. The Hall–Kier alpha value is -1.71. The zero-order valence-electron chi connectivity index (χ0n) is 18.7. The number of carbonyl (C=O) groups is 1. The second-order valence-corrected chi connectivity index (χ2v) is 8.19. The highest BCUT2D eigenvalue weighted by Crippen LogP contribution is 2.14. The maximum atomic E-state index is 11.7. The summed E-state index contributed by atoms with van der Waals surface area (Å²) in [7, 11) is 0. The first-order valence-electron chi connectivity index (χ1n) is 12.0. The molecule has 0 bridgehead atoms. The van der Waals surface area contributed by atoms with Gasteiger partial charge in [-0.15, -0.1) is 0 Å². The zero-order valence-corrected chi connectivity index (χ0v) is 18.7. The monoisotopic (exact) mass is 404 g/mol. The van der Waals surface area contributed by atoms with Gasteiger partial charge in [-0.3, -0.25) is 5.32 Å². The molecule has 29 heavy (non-hydrogen) atoms. The van der Waals surface area contributed by atoms with Gasteiger partial charge in [0.2, 0.25) is 0 Å². The molecule has 0 radical (unpaired) electrons. The molecule has 4 nitrogen and oxygen atoms in total. The Morgan fingerprint density at radius 1 is 0.724 bits per heavy atom. The third-order valence-electron chi connectivity index (χ3n) is 5.39. The van der Waals surface area contributed by atoms with Gasteiger partial charge in [0.1, 0.15) is 0 Å². The van der Waals surface area contributed by atoms with Gasteiger partial charge >= 0.3 is 6.09 Å². The fourth-order valence-electron chi connectivity index (χ4n) is 3.54. The Morgan fingerprint density at radius 2 is 1.14 bits per heavy atom. The van der Waals surface area contributed by atoms with Crippen LogP contribution >= 0.6 is 0 Å². The van der Waals surface area contributed by atoms with Crippen LogP contribution in [0, 0.1) is 0 Å². The van der Waals surface area contributed by atoms with Crippen molar-refractivity contribution in [2.75, 3.05) is 17.7 Å². The number of unbranched alkanes of at least 4 members (excludes halogenated alkanes) is 15. The van der Waals surface area contributed by atoms with Gasteiger partial charge in [-0.05, 0) is 30.7 Å². The first-order valence-corrected chi connectivity index (χ1v) is 12.0. The van der Waals surface area contributed by atoms with Crippen molar-refractivity contribution < 1.29 is 9.53 Å². The van der Waals surface area contributed by atoms with Crippen molar-refractivity contribution in [3.05, 3.63) is 24.3 Å². The number of rotatable bonds is 18. The molecule has 0 saturated carbocycles. The van der Waals surface area contributed by atoms with Crippen molar-refractivity contribution in [3.63, 3.8) is 0 Å². The number of ether oxygens (including phenoxy) is 1. The first kappa shape index (κ1) is 25.3. The van der Waals surface area contributed by atoms with Crippen LogP contribution in [-0.4, -0.2) is 12.7 Å². The Bertz CT molecular complexity index is 502. The average Bonchev–Trinajstić information content (AvgIpc) is 2.72. The van der Waals surface area contributed by atoms with Gasteiger partial charge in [-0.25, -0.2) is 4.79 Å². The molecule has 0 unspecified atom stereocenters. The van der Waals surface area contributed by atoms with E-state index in [1.54, 1.807) is 24.3 Å². The van der Waals surface area contributed by atoms with Gasteiger partial charge in [-0.2, -0.15) is 0 Å². The van der Waals surface area contributed by atoms with E-state index in [9.17, 15) is 4.79 Å². The van der Waals surface area contributed by atoms with Crippen LogP contribution in [0.25, 0.3) is 0 Å². The second-order valence-electron chi connectivity index (χ2n) is 8.19. The van der Waals surface area contributed by atoms with Gasteiger partial charge in [-0.1, -0.05) is 103 Å². The Labute approximate surface area is 179 Å². The maximum absolute atomic E-state index is 11.7. The van der Waals surface area contributed by atoms with Crippen molar-refractivity contribution in [2.45, 2.75) is 110 Å². The highest BCUT2D eigenvalue weighted by atomic mass is 16.5. The van der Waals surface area contributed by atoms with E-state index in [-0.39, 0.29) is 0 Å². The van der Waals surface area contributed by atoms with Crippen molar-refractivity contribution in [3.8, 4) is 0 Å². The molecule has 1 amide bonds. The summed E-state index contributed by atoms with van der Waals surface area (Å²) in [6.45, 7) is 2.76. The highest BCUT2D eigenvalue weighted by Gasteiger charge is 2.02. The molecule has 0 aliphatic heterocycles. The van der Waals surface area contributed by atoms with Gasteiger partial charge < -0.3 is 10.5 Å². The molecule has 0 aliphatic rings. The van der Waals surface area contributed by atoms with Gasteiger partial charge in [0.15, 0.2) is 0 Å². The molecule has 1 rings (SSSR count). The van der Waals surface area contributed by atoms with Gasteiger partial charge in [0, 0.05) is 11.4 Å². The lowest BCUT2D eigenvalue weighted by Gasteiger charge is -2.07. The lowest BCUT2D eigenvalue weighted by Crippen LogP contribution is -2.14. The summed E-state index contributed by atoms with van der Waals surface area (Å²) in [6.07, 6.45) is 21.1. The molecule has 0 fully saturated rings. The minimum atomic E-state index is -0.393. The maximum Gasteiger partial charge on any atom is 0.411 e. The number of amides is 1. The summed E-state index contributed by atoms with van der Waals surface area (Å²) in [6, 6.07) is 7.05. The standard InChI is InChI=1S/C25H44N2O2/c1-2-3-4-5-6-7-8-9-10-11-12-13-14-15-16-17-22-29-25(28)27-24-20-18-23(26)19-21-24/h18-21H,2-17,22,26H2,1H3,(H,27,28). The number of carbonyl (C=O) groups excluding carboxylic acids is 1. The van der Waals surface area contributed by atoms with Crippen LogP contribution in [0.1, 0.15) is 110 Å². The number of nitrogens with two attached hydrogens (primary N) is 1. The molecule has 0 aliphatic carbocycles. The number of nitrogen functional groups attached to an aromatic ring is 1. The minimum absolute atomic E-state index is 0.393. The topological polar surface area (TPSA) is 64.3 Å². The molecule has 1 aromatic rings. The summed E-state index contributed by atoms with van der Waals surface area (Å²) in [5.74, 6) is 0. The summed E-state index contributed by atoms with van der Waals surface area (Å²) in [5, 5.41) is 2.71. The van der Waals surface area contributed by atoms with Crippen LogP contribution in [-0.2, 0) is 4.74 Å². The molecule has 0 atom stereocenters. The van der Waals surface area contributed by atoms with Crippen LogP contribution < -0.4 is 11.1 Å².